The van der Waals surface area contributed by atoms with Crippen LogP contribution in [0, 0.1) is 0 Å². The van der Waals surface area contributed by atoms with Crippen molar-refractivity contribution in [1.82, 2.24) is 25.2 Å². The lowest BCUT2D eigenvalue weighted by Gasteiger charge is -2.14. The van der Waals surface area contributed by atoms with Gasteiger partial charge in [0.25, 0.3) is 6.47 Å². The molecule has 0 fully saturated rings. The number of aromatic amines is 1. The van der Waals surface area contributed by atoms with Gasteiger partial charge >= 0.3 is 5.97 Å². The van der Waals surface area contributed by atoms with Crippen molar-refractivity contribution in [1.29, 1.82) is 0 Å². The van der Waals surface area contributed by atoms with Crippen LogP contribution in [0.2, 0.25) is 0 Å². The summed E-state index contributed by atoms with van der Waals surface area (Å²) in [5.74, 6) is -0.372. The number of methoxy groups -OCH3 is 1. The minimum absolute atomic E-state index is 0.318. The monoisotopic (exact) mass is 527 g/mol. The van der Waals surface area contributed by atoms with Gasteiger partial charge < -0.3 is 9.47 Å². The summed E-state index contributed by atoms with van der Waals surface area (Å²) in [5, 5.41) is 17.8. The van der Waals surface area contributed by atoms with E-state index >= 15 is 0 Å². The Labute approximate surface area is 205 Å². The van der Waals surface area contributed by atoms with Gasteiger partial charge in [0.15, 0.2) is 0 Å². The van der Waals surface area contributed by atoms with E-state index in [1.54, 1.807) is 28.9 Å². The van der Waals surface area contributed by atoms with Crippen LogP contribution < -0.4 is 0 Å². The molecule has 4 aromatic rings. The Kier molecular flexibility index (Phi) is 8.17. The molecule has 9 nitrogen and oxygen atoms in total. The van der Waals surface area contributed by atoms with Gasteiger partial charge in [-0.3, -0.25) is 9.89 Å². The number of carbonyl (C=O) groups excluding carboxylic acids is 2. The minimum Gasteiger partial charge on any atom is -0.465 e. The molecule has 2 heterocycles. The Morgan fingerprint density at radius 1 is 1.18 bits per heavy atom. The fourth-order valence-corrected chi connectivity index (χ4v) is 3.49. The van der Waals surface area contributed by atoms with Gasteiger partial charge in [0.2, 0.25) is 0 Å². The molecule has 0 aliphatic carbocycles. The van der Waals surface area contributed by atoms with E-state index in [2.05, 4.69) is 53.3 Å². The van der Waals surface area contributed by atoms with Crippen LogP contribution in [0.4, 0.5) is 0 Å². The summed E-state index contributed by atoms with van der Waals surface area (Å²) in [6.45, 7) is 5.92. The first-order valence-corrected chi connectivity index (χ1v) is 11.6. The molecule has 10 heteroatoms. The first-order chi connectivity index (χ1) is 16.3. The van der Waals surface area contributed by atoms with Gasteiger partial charge in [-0.05, 0) is 69.2 Å². The predicted octanol–water partition coefficient (Wildman–Crippen LogP) is 4.49. The van der Waals surface area contributed by atoms with Gasteiger partial charge in [-0.15, -0.1) is 5.10 Å². The molecule has 34 heavy (non-hydrogen) atoms. The molecule has 2 aromatic carbocycles. The Balaban J connectivity index is 0.000000406. The van der Waals surface area contributed by atoms with E-state index < -0.39 is 0 Å². The summed E-state index contributed by atoms with van der Waals surface area (Å²) in [7, 11) is 1.36. The molecule has 1 N–H and O–H groups in total. The maximum Gasteiger partial charge on any atom is 0.337 e. The van der Waals surface area contributed by atoms with Crippen molar-refractivity contribution in [2.45, 2.75) is 32.8 Å². The molecular formula is C24H26BrN5O4. The summed E-state index contributed by atoms with van der Waals surface area (Å²) in [6, 6.07) is 13.2. The highest BCUT2D eigenvalue weighted by atomic mass is 79.9. The zero-order valence-corrected chi connectivity index (χ0v) is 21.0. The summed E-state index contributed by atoms with van der Waals surface area (Å²) < 4.78 is 10.9. The highest BCUT2D eigenvalue weighted by molar-refractivity contribution is 9.09. The zero-order chi connectivity index (χ0) is 24.7. The lowest BCUT2D eigenvalue weighted by Crippen LogP contribution is -2.17. The van der Waals surface area contributed by atoms with Crippen molar-refractivity contribution in [3.8, 4) is 17.1 Å². The number of rotatable bonds is 6. The Morgan fingerprint density at radius 2 is 1.91 bits per heavy atom. The number of carbonyl (C=O) groups is 2. The zero-order valence-electron chi connectivity index (χ0n) is 19.4. The van der Waals surface area contributed by atoms with E-state index in [-0.39, 0.29) is 11.6 Å². The molecule has 0 saturated carbocycles. The van der Waals surface area contributed by atoms with E-state index in [1.165, 1.54) is 12.7 Å². The molecule has 0 bridgehead atoms. The third-order valence-electron chi connectivity index (χ3n) is 4.70. The van der Waals surface area contributed by atoms with Crippen LogP contribution in [0.15, 0.2) is 48.7 Å². The number of fused-ring (bicyclic) bond motifs is 1. The number of hydrogen-bond acceptors (Lipinski definition) is 7. The van der Waals surface area contributed by atoms with Crippen LogP contribution in [0.25, 0.3) is 28.0 Å². The van der Waals surface area contributed by atoms with Crippen molar-refractivity contribution in [3.63, 3.8) is 0 Å². The van der Waals surface area contributed by atoms with Gasteiger partial charge in [-0.2, -0.15) is 5.10 Å². The summed E-state index contributed by atoms with van der Waals surface area (Å²) >= 11 is 3.47. The van der Waals surface area contributed by atoms with Gasteiger partial charge in [-0.25, -0.2) is 9.48 Å². The average molecular weight is 528 g/mol. The molecule has 0 amide bonds. The molecule has 0 aliphatic heterocycles. The second kappa shape index (κ2) is 11.1. The summed E-state index contributed by atoms with van der Waals surface area (Å²) in [4.78, 5) is 21.1. The van der Waals surface area contributed by atoms with E-state index in [9.17, 15) is 9.59 Å². The molecule has 178 valence electrons. The number of nitrogens with one attached hydrogen (secondary N) is 1. The van der Waals surface area contributed by atoms with Crippen LogP contribution >= 0.6 is 15.9 Å². The smallest absolute Gasteiger partial charge is 0.337 e. The lowest BCUT2D eigenvalue weighted by atomic mass is 10.1. The molecular weight excluding hydrogens is 502 g/mol. The highest BCUT2D eigenvalue weighted by Gasteiger charge is 2.14. The minimum atomic E-state index is -0.372. The molecule has 4 rings (SSSR count). The van der Waals surface area contributed by atoms with Crippen LogP contribution in [0.3, 0.4) is 0 Å². The van der Waals surface area contributed by atoms with E-state index in [0.29, 0.717) is 17.7 Å². The number of aryl methyl sites for hydroxylation is 1. The molecule has 2 aromatic heterocycles. The second-order valence-electron chi connectivity index (χ2n) is 8.30. The van der Waals surface area contributed by atoms with E-state index in [1.807, 2.05) is 33.0 Å². The standard InChI is InChI=1S/C19H16BrN5O2.C5H10O2/c1-27-19(26)13-3-5-14(6-4-13)25-11-17(22-24-25)18-15-10-12(8-9-20)2-7-16(15)21-23-18;1-5(2,3)7-4-6/h2-7,10-11H,8-9H2,1H3,(H,21,23);4H,1-3H3. The number of H-pyrrole nitrogens is 1. The average Bonchev–Trinajstić information content (AvgIpc) is 3.45. The van der Waals surface area contributed by atoms with Crippen molar-refractivity contribution in [2.75, 3.05) is 12.4 Å². The first kappa shape index (κ1) is 25.1. The van der Waals surface area contributed by atoms with Crippen molar-refractivity contribution in [3.05, 3.63) is 59.8 Å². The van der Waals surface area contributed by atoms with Crippen molar-refractivity contribution < 1.29 is 19.1 Å². The number of aromatic nitrogens is 5. The van der Waals surface area contributed by atoms with Crippen LogP contribution in [-0.2, 0) is 20.7 Å². The van der Waals surface area contributed by atoms with Gasteiger partial charge in [-0.1, -0.05) is 27.2 Å². The van der Waals surface area contributed by atoms with Gasteiger partial charge in [0, 0.05) is 10.7 Å². The molecule has 0 atom stereocenters. The van der Waals surface area contributed by atoms with Crippen LogP contribution in [-0.4, -0.2) is 55.7 Å². The maximum atomic E-state index is 11.5. The van der Waals surface area contributed by atoms with Crippen LogP contribution in [0.1, 0.15) is 36.7 Å². The molecule has 0 spiro atoms. The molecule has 0 radical (unpaired) electrons. The SMILES string of the molecule is CC(C)(C)OC=O.COC(=O)c1ccc(-n2cc(-c3n[nH]c4ccc(CCBr)cc34)nn2)cc1. The summed E-state index contributed by atoms with van der Waals surface area (Å²) in [5.41, 5.74) is 4.59. The lowest BCUT2D eigenvalue weighted by molar-refractivity contribution is -0.138. The predicted molar refractivity (Wildman–Crippen MR) is 132 cm³/mol. The number of halogens is 1. The summed E-state index contributed by atoms with van der Waals surface area (Å²) in [6.07, 6.45) is 2.76. The normalized spacial score (nSPS) is 11.0. The first-order valence-electron chi connectivity index (χ1n) is 10.5. The van der Waals surface area contributed by atoms with E-state index in [4.69, 9.17) is 4.74 Å². The quantitative estimate of drug-likeness (QED) is 0.223. The fourth-order valence-electron chi connectivity index (χ4n) is 3.03. The number of ether oxygens (including phenoxy) is 2. The van der Waals surface area contributed by atoms with Crippen LogP contribution in [0.5, 0.6) is 0 Å². The number of alkyl halides is 1. The van der Waals surface area contributed by atoms with Crippen molar-refractivity contribution in [2.24, 2.45) is 0 Å². The fraction of sp³-hybridized carbons (Fsp3) is 0.292. The second-order valence-corrected chi connectivity index (χ2v) is 9.10. The van der Waals surface area contributed by atoms with Crippen molar-refractivity contribution >= 4 is 39.3 Å². The molecule has 0 saturated heterocycles. The Bertz CT molecular complexity index is 1260. The maximum absolute atomic E-state index is 11.5. The van der Waals surface area contributed by atoms with Gasteiger partial charge in [0.1, 0.15) is 17.0 Å². The molecule has 0 aliphatic rings. The number of esters is 1. The number of hydrogen-bond donors (Lipinski definition) is 1. The Hall–Kier alpha value is -3.53. The Morgan fingerprint density at radius 3 is 2.50 bits per heavy atom. The third-order valence-corrected chi connectivity index (χ3v) is 5.10. The number of nitrogens with zero attached hydrogens (tertiary/aromatic N) is 4. The largest absolute Gasteiger partial charge is 0.465 e. The highest BCUT2D eigenvalue weighted by Crippen LogP contribution is 2.26. The number of benzene rings is 2. The van der Waals surface area contributed by atoms with E-state index in [0.717, 1.165) is 34.0 Å². The topological polar surface area (TPSA) is 112 Å². The van der Waals surface area contributed by atoms with Gasteiger partial charge in [0.05, 0.1) is 30.1 Å². The molecule has 0 unspecified atom stereocenters. The third kappa shape index (κ3) is 6.28.